The molecule has 0 saturated heterocycles. The van der Waals surface area contributed by atoms with Gasteiger partial charge in [0, 0.05) is 11.4 Å². The Kier molecular flexibility index (Phi) is 7.32. The third-order valence-corrected chi connectivity index (χ3v) is 5.24. The fourth-order valence-corrected chi connectivity index (χ4v) is 3.61. The van der Waals surface area contributed by atoms with Crippen LogP contribution in [0.3, 0.4) is 0 Å². The van der Waals surface area contributed by atoms with Crippen LogP contribution in [0.4, 0.5) is 8.78 Å². The molecule has 7 heteroatoms. The lowest BCUT2D eigenvalue weighted by Crippen LogP contribution is -2.38. The van der Waals surface area contributed by atoms with Crippen molar-refractivity contribution in [3.63, 3.8) is 0 Å². The summed E-state index contributed by atoms with van der Waals surface area (Å²) >= 11 is 1.53. The molecule has 29 heavy (non-hydrogen) atoms. The highest BCUT2D eigenvalue weighted by atomic mass is 32.1. The van der Waals surface area contributed by atoms with Gasteiger partial charge in [0.15, 0.2) is 0 Å². The van der Waals surface area contributed by atoms with E-state index >= 15 is 0 Å². The van der Waals surface area contributed by atoms with E-state index in [1.54, 1.807) is 24.3 Å². The molecular weight excluding hydrogens is 394 g/mol. The van der Waals surface area contributed by atoms with Gasteiger partial charge in [-0.25, -0.2) is 8.78 Å². The van der Waals surface area contributed by atoms with Gasteiger partial charge < -0.3 is 10.1 Å². The number of ether oxygens (including phenoxy) is 1. The minimum atomic E-state index is -0.327. The molecule has 0 bridgehead atoms. The number of carbonyl (C=O) groups excluding carboxylic acids is 1. The zero-order valence-electron chi connectivity index (χ0n) is 16.0. The quantitative estimate of drug-likeness (QED) is 0.567. The van der Waals surface area contributed by atoms with Gasteiger partial charge in [-0.05, 0) is 60.5 Å². The highest BCUT2D eigenvalue weighted by molar-refractivity contribution is 7.10. The number of rotatable bonds is 9. The number of likely N-dealkylation sites (N-methyl/N-ethyl adjacent to an activating group) is 1. The fraction of sp³-hybridized carbons (Fsp3) is 0.227. The Hall–Kier alpha value is -2.77. The third kappa shape index (κ3) is 6.37. The Morgan fingerprint density at radius 2 is 1.72 bits per heavy atom. The second-order valence-corrected chi connectivity index (χ2v) is 7.59. The number of carbonyl (C=O) groups is 1. The Labute approximate surface area is 172 Å². The summed E-state index contributed by atoms with van der Waals surface area (Å²) in [4.78, 5) is 15.4. The van der Waals surface area contributed by atoms with Crippen molar-refractivity contribution in [2.45, 2.75) is 6.04 Å². The first-order valence-electron chi connectivity index (χ1n) is 9.16. The highest BCUT2D eigenvalue weighted by Gasteiger charge is 2.18. The number of nitrogens with one attached hydrogen (secondary N) is 1. The smallest absolute Gasteiger partial charge is 0.234 e. The summed E-state index contributed by atoms with van der Waals surface area (Å²) < 4.78 is 31.7. The summed E-state index contributed by atoms with van der Waals surface area (Å²) in [5.41, 5.74) is 0.824. The molecule has 0 saturated carbocycles. The first kappa shape index (κ1) is 21.0. The molecule has 1 atom stereocenters. The lowest BCUT2D eigenvalue weighted by molar-refractivity contribution is -0.122. The predicted molar refractivity (Wildman–Crippen MR) is 110 cm³/mol. The van der Waals surface area contributed by atoms with E-state index in [2.05, 4.69) is 5.32 Å². The maximum atomic E-state index is 13.3. The highest BCUT2D eigenvalue weighted by Crippen LogP contribution is 2.26. The number of amides is 1. The topological polar surface area (TPSA) is 41.6 Å². The van der Waals surface area contributed by atoms with Crippen molar-refractivity contribution in [1.82, 2.24) is 10.2 Å². The van der Waals surface area contributed by atoms with Crippen molar-refractivity contribution in [3.8, 4) is 5.75 Å². The molecule has 0 aliphatic rings. The van der Waals surface area contributed by atoms with E-state index in [9.17, 15) is 13.6 Å². The van der Waals surface area contributed by atoms with Crippen LogP contribution in [-0.2, 0) is 4.79 Å². The van der Waals surface area contributed by atoms with Crippen LogP contribution >= 0.6 is 11.3 Å². The minimum Gasteiger partial charge on any atom is -0.492 e. The van der Waals surface area contributed by atoms with E-state index in [0.29, 0.717) is 18.9 Å². The van der Waals surface area contributed by atoms with Gasteiger partial charge in [-0.3, -0.25) is 9.69 Å². The van der Waals surface area contributed by atoms with Gasteiger partial charge in [-0.1, -0.05) is 18.2 Å². The Morgan fingerprint density at radius 3 is 2.34 bits per heavy atom. The molecule has 1 amide bonds. The standard InChI is InChI=1S/C22H22F2N2O2S/c1-26(12-13-28-19-10-8-18(24)9-11-19)15-21(27)25-22(20-3-2-14-29-20)16-4-6-17(23)7-5-16/h2-11,14,22H,12-13,15H2,1H3,(H,25,27). The molecule has 1 heterocycles. The van der Waals surface area contributed by atoms with Crippen LogP contribution < -0.4 is 10.1 Å². The second kappa shape index (κ2) is 10.1. The summed E-state index contributed by atoms with van der Waals surface area (Å²) in [5.74, 6) is -0.186. The van der Waals surface area contributed by atoms with E-state index in [4.69, 9.17) is 4.74 Å². The molecule has 1 N–H and O–H groups in total. The maximum Gasteiger partial charge on any atom is 0.234 e. The molecule has 2 aromatic carbocycles. The van der Waals surface area contributed by atoms with Crippen molar-refractivity contribution < 1.29 is 18.3 Å². The number of hydrogen-bond acceptors (Lipinski definition) is 4. The average Bonchev–Trinajstić information content (AvgIpc) is 3.23. The number of hydrogen-bond donors (Lipinski definition) is 1. The van der Waals surface area contributed by atoms with Crippen molar-refractivity contribution in [3.05, 3.63) is 88.1 Å². The van der Waals surface area contributed by atoms with Crippen molar-refractivity contribution in [2.24, 2.45) is 0 Å². The zero-order chi connectivity index (χ0) is 20.6. The average molecular weight is 416 g/mol. The number of nitrogens with zero attached hydrogens (tertiary/aromatic N) is 1. The van der Waals surface area contributed by atoms with Crippen molar-refractivity contribution in [1.29, 1.82) is 0 Å². The molecule has 0 spiro atoms. The Balaban J connectivity index is 1.52. The maximum absolute atomic E-state index is 13.3. The lowest BCUT2D eigenvalue weighted by Gasteiger charge is -2.21. The summed E-state index contributed by atoms with van der Waals surface area (Å²) in [6.45, 7) is 1.10. The third-order valence-electron chi connectivity index (χ3n) is 4.31. The van der Waals surface area contributed by atoms with Crippen LogP contribution in [-0.4, -0.2) is 37.6 Å². The normalized spacial score (nSPS) is 12.0. The van der Waals surface area contributed by atoms with Gasteiger partial charge in [0.25, 0.3) is 0 Å². The van der Waals surface area contributed by atoms with Crippen LogP contribution in [0.5, 0.6) is 5.75 Å². The molecule has 3 rings (SSSR count). The molecule has 0 aliphatic heterocycles. The van der Waals surface area contributed by atoms with E-state index < -0.39 is 0 Å². The van der Waals surface area contributed by atoms with Crippen molar-refractivity contribution in [2.75, 3.05) is 26.7 Å². The molecule has 0 fully saturated rings. The van der Waals surface area contributed by atoms with Crippen LogP contribution in [0.2, 0.25) is 0 Å². The molecule has 152 valence electrons. The first-order chi connectivity index (χ1) is 14.0. The Morgan fingerprint density at radius 1 is 1.07 bits per heavy atom. The number of thiophene rings is 1. The van der Waals surface area contributed by atoms with Gasteiger partial charge >= 0.3 is 0 Å². The Bertz CT molecular complexity index is 900. The van der Waals surface area contributed by atoms with E-state index in [-0.39, 0.29) is 30.1 Å². The molecular formula is C22H22F2N2O2S. The van der Waals surface area contributed by atoms with Crippen LogP contribution in [0.15, 0.2) is 66.0 Å². The van der Waals surface area contributed by atoms with E-state index in [1.165, 1.54) is 35.6 Å². The summed E-state index contributed by atoms with van der Waals surface area (Å²) in [6, 6.07) is 15.5. The van der Waals surface area contributed by atoms with Crippen molar-refractivity contribution >= 4 is 17.2 Å². The fourth-order valence-electron chi connectivity index (χ4n) is 2.81. The van der Waals surface area contributed by atoms with Gasteiger partial charge in [-0.15, -0.1) is 11.3 Å². The minimum absolute atomic E-state index is 0.142. The number of halogens is 2. The summed E-state index contributed by atoms with van der Waals surface area (Å²) in [7, 11) is 1.83. The van der Waals surface area contributed by atoms with E-state index in [0.717, 1.165) is 10.4 Å². The molecule has 1 aromatic heterocycles. The lowest BCUT2D eigenvalue weighted by atomic mass is 10.1. The van der Waals surface area contributed by atoms with Gasteiger partial charge in [0.2, 0.25) is 5.91 Å². The monoisotopic (exact) mass is 416 g/mol. The summed E-state index contributed by atoms with van der Waals surface area (Å²) in [5, 5.41) is 4.97. The van der Waals surface area contributed by atoms with Gasteiger partial charge in [0.1, 0.15) is 24.0 Å². The molecule has 0 aliphatic carbocycles. The first-order valence-corrected chi connectivity index (χ1v) is 10.0. The summed E-state index contributed by atoms with van der Waals surface area (Å²) in [6.07, 6.45) is 0. The number of benzene rings is 2. The molecule has 4 nitrogen and oxygen atoms in total. The van der Waals surface area contributed by atoms with Crippen LogP contribution in [0.25, 0.3) is 0 Å². The predicted octanol–water partition coefficient (Wildman–Crippen LogP) is 4.24. The zero-order valence-corrected chi connectivity index (χ0v) is 16.8. The second-order valence-electron chi connectivity index (χ2n) is 6.61. The van der Waals surface area contributed by atoms with Gasteiger partial charge in [-0.2, -0.15) is 0 Å². The van der Waals surface area contributed by atoms with E-state index in [1.807, 2.05) is 29.5 Å². The van der Waals surface area contributed by atoms with Crippen LogP contribution in [0.1, 0.15) is 16.5 Å². The molecule has 3 aromatic rings. The van der Waals surface area contributed by atoms with Crippen LogP contribution in [0, 0.1) is 11.6 Å². The largest absolute Gasteiger partial charge is 0.492 e. The van der Waals surface area contributed by atoms with Gasteiger partial charge in [0.05, 0.1) is 12.6 Å². The SMILES string of the molecule is CN(CCOc1ccc(F)cc1)CC(=O)NC(c1ccc(F)cc1)c1cccs1. The molecule has 0 radical (unpaired) electrons. The molecule has 1 unspecified atom stereocenters.